The number of carboxylic acids is 1. The number of carboxylic acid groups (broad SMARTS) is 1. The van der Waals surface area contributed by atoms with E-state index in [0.29, 0.717) is 18.9 Å². The minimum Gasteiger partial charge on any atom is -0.492 e. The summed E-state index contributed by atoms with van der Waals surface area (Å²) >= 11 is 0. The number of carbonyl (C=O) groups is 1. The highest BCUT2D eigenvalue weighted by molar-refractivity contribution is 7.91. The minimum absolute atomic E-state index is 0.0424. The molecule has 0 saturated heterocycles. The average Bonchev–Trinajstić information content (AvgIpc) is 3.01. The first kappa shape index (κ1) is 34.3. The van der Waals surface area contributed by atoms with Gasteiger partial charge in [-0.1, -0.05) is 48.5 Å². The Morgan fingerprint density at radius 1 is 0.913 bits per heavy atom. The quantitative estimate of drug-likeness (QED) is 0.101. The number of benzene rings is 4. The summed E-state index contributed by atoms with van der Waals surface area (Å²) in [6, 6.07) is 23.3. The van der Waals surface area contributed by atoms with Crippen molar-refractivity contribution in [2.75, 3.05) is 31.7 Å². The van der Waals surface area contributed by atoms with E-state index in [9.17, 15) is 18.3 Å². The summed E-state index contributed by atoms with van der Waals surface area (Å²) in [5.41, 5.74) is 11.3. The third-order valence-corrected chi connectivity index (χ3v) is 8.58. The van der Waals surface area contributed by atoms with Gasteiger partial charge in [0.1, 0.15) is 35.4 Å². The maximum Gasteiger partial charge on any atom is 0.341 e. The van der Waals surface area contributed by atoms with Crippen LogP contribution in [0.15, 0.2) is 83.8 Å². The molecule has 2 atom stereocenters. The highest BCUT2D eigenvalue weighted by Gasteiger charge is 2.26. The normalized spacial score (nSPS) is 12.7. The van der Waals surface area contributed by atoms with Gasteiger partial charge in [-0.25, -0.2) is 13.2 Å². The van der Waals surface area contributed by atoms with Crippen LogP contribution in [0.3, 0.4) is 0 Å². The van der Waals surface area contributed by atoms with E-state index in [4.69, 9.17) is 25.1 Å². The summed E-state index contributed by atoms with van der Waals surface area (Å²) in [4.78, 5) is 10.6. The Morgan fingerprint density at radius 2 is 1.57 bits per heavy atom. The summed E-state index contributed by atoms with van der Waals surface area (Å²) in [6.07, 6.45) is -0.0255. The van der Waals surface area contributed by atoms with E-state index in [2.05, 4.69) is 5.32 Å². The number of sulfone groups is 1. The Balaban J connectivity index is 1.36. The summed E-state index contributed by atoms with van der Waals surface area (Å²) in [5.74, 6) is 0.339. The smallest absolute Gasteiger partial charge is 0.341 e. The Morgan fingerprint density at radius 3 is 2.17 bits per heavy atom. The van der Waals surface area contributed by atoms with Crippen LogP contribution in [0.1, 0.15) is 35.3 Å². The van der Waals surface area contributed by atoms with Crippen molar-refractivity contribution in [3.8, 4) is 28.4 Å². The fourth-order valence-corrected chi connectivity index (χ4v) is 6.15. The lowest BCUT2D eigenvalue weighted by Gasteiger charge is -2.24. The molecule has 0 aliphatic rings. The van der Waals surface area contributed by atoms with Crippen molar-refractivity contribution in [1.82, 2.24) is 5.32 Å². The number of nitrogen functional groups attached to an aromatic ring is 1. The Labute approximate surface area is 269 Å². The largest absolute Gasteiger partial charge is 0.492 e. The number of hydrogen-bond donors (Lipinski definition) is 4. The van der Waals surface area contributed by atoms with Crippen LogP contribution in [0.2, 0.25) is 0 Å². The highest BCUT2D eigenvalue weighted by Crippen LogP contribution is 2.37. The van der Waals surface area contributed by atoms with E-state index in [1.165, 1.54) is 6.07 Å². The van der Waals surface area contributed by atoms with Crippen molar-refractivity contribution in [1.29, 1.82) is 0 Å². The van der Waals surface area contributed by atoms with Gasteiger partial charge in [0, 0.05) is 24.4 Å². The molecule has 4 aromatic carbocycles. The van der Waals surface area contributed by atoms with Crippen LogP contribution in [0.5, 0.6) is 17.2 Å². The molecule has 0 spiro atoms. The molecule has 0 heterocycles. The zero-order chi connectivity index (χ0) is 33.4. The summed E-state index contributed by atoms with van der Waals surface area (Å²) in [5, 5.41) is 23.1. The van der Waals surface area contributed by atoms with Crippen LogP contribution in [0.4, 0.5) is 5.69 Å². The predicted molar refractivity (Wildman–Crippen MR) is 177 cm³/mol. The molecule has 0 aliphatic heterocycles. The van der Waals surface area contributed by atoms with Crippen LogP contribution < -0.4 is 25.3 Å². The predicted octanol–water partition coefficient (Wildman–Crippen LogP) is 5.09. The van der Waals surface area contributed by atoms with Crippen molar-refractivity contribution < 1.29 is 37.6 Å². The fraction of sp³-hybridized carbons (Fsp3) is 0.286. The van der Waals surface area contributed by atoms with Crippen LogP contribution in [-0.4, -0.2) is 56.7 Å². The van der Waals surface area contributed by atoms with Crippen LogP contribution in [0, 0.1) is 13.8 Å². The van der Waals surface area contributed by atoms with Crippen LogP contribution in [0.25, 0.3) is 11.1 Å². The number of nitrogens with one attached hydrogen (secondary N) is 1. The molecule has 46 heavy (non-hydrogen) atoms. The average molecular weight is 649 g/mol. The zero-order valence-corrected chi connectivity index (χ0v) is 27.1. The van der Waals surface area contributed by atoms with Gasteiger partial charge in [-0.2, -0.15) is 0 Å². The molecule has 0 unspecified atom stereocenters. The lowest BCUT2D eigenvalue weighted by molar-refractivity contribution is -0.139. The highest BCUT2D eigenvalue weighted by atomic mass is 32.2. The molecule has 0 aromatic heterocycles. The van der Waals surface area contributed by atoms with Gasteiger partial charge in [-0.05, 0) is 78.9 Å². The van der Waals surface area contributed by atoms with Gasteiger partial charge in [-0.3, -0.25) is 0 Å². The van der Waals surface area contributed by atoms with Crippen molar-refractivity contribution in [2.45, 2.75) is 44.4 Å². The Hall–Kier alpha value is -4.58. The third kappa shape index (κ3) is 8.78. The van der Waals surface area contributed by atoms with Crippen molar-refractivity contribution in [3.05, 3.63) is 101 Å². The number of aryl methyl sites for hydroxylation is 2. The van der Waals surface area contributed by atoms with Crippen LogP contribution in [-0.2, 0) is 21.2 Å². The van der Waals surface area contributed by atoms with E-state index in [0.717, 1.165) is 39.8 Å². The molecule has 244 valence electrons. The number of aliphatic carboxylic acids is 1. The van der Waals surface area contributed by atoms with Gasteiger partial charge in [0.2, 0.25) is 0 Å². The molecular weight excluding hydrogens is 608 g/mol. The zero-order valence-electron chi connectivity index (χ0n) is 26.3. The van der Waals surface area contributed by atoms with E-state index < -0.39 is 34.6 Å². The summed E-state index contributed by atoms with van der Waals surface area (Å²) in [6.45, 7) is 6.22. The van der Waals surface area contributed by atoms with E-state index >= 15 is 0 Å². The van der Waals surface area contributed by atoms with Gasteiger partial charge in [0.15, 0.2) is 16.4 Å². The SMILES string of the molecule is Cc1cc(-c2ccc(OCC(=O)O)cc2)cc(C)c1OCCN[C@@H](C)[C@H](O)c1ccc(OCc2ccccc2)c(S(C)(=O)=O)c1N. The fourth-order valence-electron chi connectivity index (χ4n) is 5.14. The number of aliphatic hydroxyl groups excluding tert-OH is 1. The summed E-state index contributed by atoms with van der Waals surface area (Å²) < 4.78 is 42.5. The lowest BCUT2D eigenvalue weighted by atomic mass is 9.99. The molecule has 0 saturated carbocycles. The van der Waals surface area contributed by atoms with Crippen molar-refractivity contribution in [2.24, 2.45) is 0 Å². The Bertz CT molecular complexity index is 1740. The standard InChI is InChI=1S/C35H40N2O8S/c1-22-18-27(26-10-12-28(13-11-26)44-21-31(38)39)19-23(2)34(22)43-17-16-37-24(3)33(40)29-14-15-30(35(32(29)36)46(4,41)42)45-20-25-8-6-5-7-9-25/h5-15,18-19,24,33,37,40H,16-17,20-21,36H2,1-4H3,(H,38,39)/t24-,33-/m0/s1. The number of aliphatic hydroxyl groups is 1. The van der Waals surface area contributed by atoms with Gasteiger partial charge < -0.3 is 35.5 Å². The first-order chi connectivity index (χ1) is 21.8. The second-order valence-electron chi connectivity index (χ2n) is 11.1. The topological polar surface area (TPSA) is 157 Å². The number of rotatable bonds is 15. The van der Waals surface area contributed by atoms with Gasteiger partial charge in [0.05, 0.1) is 11.8 Å². The second-order valence-corrected chi connectivity index (χ2v) is 13.1. The monoisotopic (exact) mass is 648 g/mol. The van der Waals surface area contributed by atoms with E-state index in [1.54, 1.807) is 25.1 Å². The van der Waals surface area contributed by atoms with Crippen LogP contribution >= 0.6 is 0 Å². The number of ether oxygens (including phenoxy) is 3. The maximum atomic E-state index is 12.7. The lowest BCUT2D eigenvalue weighted by Crippen LogP contribution is -2.35. The van der Waals surface area contributed by atoms with Gasteiger partial charge in [0.25, 0.3) is 0 Å². The first-order valence-electron chi connectivity index (χ1n) is 14.7. The second kappa shape index (κ2) is 15.1. The van der Waals surface area contributed by atoms with Gasteiger partial charge >= 0.3 is 5.97 Å². The van der Waals surface area contributed by atoms with Gasteiger partial charge in [-0.15, -0.1) is 0 Å². The molecule has 0 amide bonds. The molecule has 0 radical (unpaired) electrons. The molecule has 10 nitrogen and oxygen atoms in total. The molecule has 4 aromatic rings. The van der Waals surface area contributed by atoms with Crippen molar-refractivity contribution in [3.63, 3.8) is 0 Å². The maximum absolute atomic E-state index is 12.7. The van der Waals surface area contributed by atoms with E-state index in [1.807, 2.05) is 68.4 Å². The molecule has 0 aliphatic carbocycles. The van der Waals surface area contributed by atoms with Crippen molar-refractivity contribution >= 4 is 21.5 Å². The molecular formula is C35H40N2O8S. The number of anilines is 1. The molecule has 0 fully saturated rings. The Kier molecular flexibility index (Phi) is 11.3. The number of hydrogen-bond acceptors (Lipinski definition) is 9. The summed E-state index contributed by atoms with van der Waals surface area (Å²) in [7, 11) is -3.76. The van der Waals surface area contributed by atoms with E-state index in [-0.39, 0.29) is 28.5 Å². The molecule has 5 N–H and O–H groups in total. The number of nitrogens with two attached hydrogens (primary N) is 1. The molecule has 4 rings (SSSR count). The molecule has 11 heteroatoms. The third-order valence-electron chi connectivity index (χ3n) is 7.42. The minimum atomic E-state index is -3.76. The first-order valence-corrected chi connectivity index (χ1v) is 16.6. The molecule has 0 bridgehead atoms.